The van der Waals surface area contributed by atoms with Crippen LogP contribution in [-0.2, 0) is 9.59 Å². The van der Waals surface area contributed by atoms with Gasteiger partial charge in [-0.2, -0.15) is 0 Å². The van der Waals surface area contributed by atoms with Crippen molar-refractivity contribution in [3.05, 3.63) is 83.0 Å². The zero-order valence-electron chi connectivity index (χ0n) is 17.6. The number of amides is 3. The first-order valence-electron chi connectivity index (χ1n) is 9.89. The van der Waals surface area contributed by atoms with E-state index in [4.69, 9.17) is 4.74 Å². The molecule has 2 heterocycles. The van der Waals surface area contributed by atoms with Gasteiger partial charge in [-0.25, -0.2) is 0 Å². The number of nitrogens with one attached hydrogen (secondary N) is 1. The highest BCUT2D eigenvalue weighted by Crippen LogP contribution is 2.33. The molecule has 1 aliphatic heterocycles. The van der Waals surface area contributed by atoms with Gasteiger partial charge in [0, 0.05) is 22.8 Å². The van der Waals surface area contributed by atoms with Crippen LogP contribution in [0.5, 0.6) is 5.75 Å². The first-order valence-corrected chi connectivity index (χ1v) is 10.7. The molecule has 1 N–H and O–H groups in total. The number of carbonyl (C=O) groups excluding carboxylic acids is 3. The molecule has 32 heavy (non-hydrogen) atoms. The minimum absolute atomic E-state index is 0.280. The van der Waals surface area contributed by atoms with Crippen molar-refractivity contribution in [3.8, 4) is 11.4 Å². The summed E-state index contributed by atoms with van der Waals surface area (Å²) in [7, 11) is 1.55. The number of anilines is 1. The van der Waals surface area contributed by atoms with Crippen LogP contribution < -0.4 is 10.1 Å². The normalized spacial score (nSPS) is 14.8. The van der Waals surface area contributed by atoms with Crippen LogP contribution in [0, 0.1) is 6.92 Å². The molecule has 162 valence electrons. The molecule has 0 spiro atoms. The number of hydrogen-bond acceptors (Lipinski definition) is 5. The van der Waals surface area contributed by atoms with Crippen molar-refractivity contribution in [2.75, 3.05) is 19.0 Å². The van der Waals surface area contributed by atoms with E-state index in [2.05, 4.69) is 5.32 Å². The zero-order chi connectivity index (χ0) is 22.7. The standard InChI is InChI=1S/C24H21N3O4S/c1-16-8-11-19(27(16)18-6-4-3-5-7-18)14-21-23(29)26(24(30)32-21)15-22(28)25-17-9-12-20(31-2)13-10-17/h3-14H,15H2,1-2H3,(H,25,28)/b21-14-. The predicted octanol–water partition coefficient (Wildman–Crippen LogP) is 4.47. The summed E-state index contributed by atoms with van der Waals surface area (Å²) in [4.78, 5) is 38.9. The Bertz CT molecular complexity index is 1200. The Kier molecular flexibility index (Phi) is 6.13. The minimum atomic E-state index is -0.483. The predicted molar refractivity (Wildman–Crippen MR) is 125 cm³/mol. The average molecular weight is 448 g/mol. The summed E-state index contributed by atoms with van der Waals surface area (Å²) >= 11 is 0.832. The van der Waals surface area contributed by atoms with E-state index < -0.39 is 17.1 Å². The first kappa shape index (κ1) is 21.5. The molecule has 1 aromatic heterocycles. The van der Waals surface area contributed by atoms with Crippen LogP contribution in [0.2, 0.25) is 0 Å². The van der Waals surface area contributed by atoms with E-state index >= 15 is 0 Å². The Morgan fingerprint density at radius 2 is 1.75 bits per heavy atom. The van der Waals surface area contributed by atoms with Gasteiger partial charge in [-0.15, -0.1) is 0 Å². The summed E-state index contributed by atoms with van der Waals surface area (Å²) in [5, 5.41) is 2.21. The van der Waals surface area contributed by atoms with Gasteiger partial charge >= 0.3 is 0 Å². The monoisotopic (exact) mass is 447 g/mol. The second kappa shape index (κ2) is 9.15. The van der Waals surface area contributed by atoms with Crippen LogP contribution in [0.4, 0.5) is 10.5 Å². The molecule has 0 radical (unpaired) electrons. The number of hydrogen-bond donors (Lipinski definition) is 1. The number of aryl methyl sites for hydroxylation is 1. The van der Waals surface area contributed by atoms with Crippen LogP contribution >= 0.6 is 11.8 Å². The Balaban J connectivity index is 1.50. The fourth-order valence-electron chi connectivity index (χ4n) is 3.39. The number of methoxy groups -OCH3 is 1. The van der Waals surface area contributed by atoms with Gasteiger partial charge in [-0.05, 0) is 73.3 Å². The van der Waals surface area contributed by atoms with Crippen molar-refractivity contribution in [2.45, 2.75) is 6.92 Å². The largest absolute Gasteiger partial charge is 0.497 e. The van der Waals surface area contributed by atoms with E-state index in [1.165, 1.54) is 0 Å². The van der Waals surface area contributed by atoms with Crippen molar-refractivity contribution < 1.29 is 19.1 Å². The number of ether oxygens (including phenoxy) is 1. The quantitative estimate of drug-likeness (QED) is 0.564. The van der Waals surface area contributed by atoms with Gasteiger partial charge in [0.25, 0.3) is 11.1 Å². The molecule has 1 saturated heterocycles. The van der Waals surface area contributed by atoms with Crippen LogP contribution in [0.1, 0.15) is 11.4 Å². The van der Waals surface area contributed by atoms with Crippen LogP contribution in [0.25, 0.3) is 11.8 Å². The van der Waals surface area contributed by atoms with E-state index in [-0.39, 0.29) is 11.4 Å². The topological polar surface area (TPSA) is 80.6 Å². The minimum Gasteiger partial charge on any atom is -0.497 e. The molecule has 3 amide bonds. The van der Waals surface area contributed by atoms with Crippen molar-refractivity contribution in [1.29, 1.82) is 0 Å². The lowest BCUT2D eigenvalue weighted by Crippen LogP contribution is -2.36. The summed E-state index contributed by atoms with van der Waals surface area (Å²) in [6, 6.07) is 20.4. The molecule has 0 unspecified atom stereocenters. The lowest BCUT2D eigenvalue weighted by molar-refractivity contribution is -0.127. The highest BCUT2D eigenvalue weighted by atomic mass is 32.2. The van der Waals surface area contributed by atoms with Crippen LogP contribution in [0.15, 0.2) is 71.6 Å². The highest BCUT2D eigenvalue weighted by molar-refractivity contribution is 8.18. The van der Waals surface area contributed by atoms with Crippen molar-refractivity contribution >= 4 is 40.6 Å². The zero-order valence-corrected chi connectivity index (χ0v) is 18.4. The fourth-order valence-corrected chi connectivity index (χ4v) is 4.21. The smallest absolute Gasteiger partial charge is 0.294 e. The maximum atomic E-state index is 12.9. The summed E-state index contributed by atoms with van der Waals surface area (Å²) in [5.41, 5.74) is 3.29. The molecule has 4 rings (SSSR count). The number of imide groups is 1. The summed E-state index contributed by atoms with van der Waals surface area (Å²) in [6.45, 7) is 1.62. The number of carbonyl (C=O) groups is 3. The number of nitrogens with zero attached hydrogens (tertiary/aromatic N) is 2. The van der Waals surface area contributed by atoms with Gasteiger partial charge in [0.15, 0.2) is 0 Å². The summed E-state index contributed by atoms with van der Waals surface area (Å²) in [5.74, 6) is -0.278. The van der Waals surface area contributed by atoms with E-state index in [0.29, 0.717) is 11.4 Å². The van der Waals surface area contributed by atoms with Gasteiger partial charge in [-0.3, -0.25) is 19.3 Å². The van der Waals surface area contributed by atoms with Gasteiger partial charge < -0.3 is 14.6 Å². The third-order valence-corrected chi connectivity index (χ3v) is 5.86. The highest BCUT2D eigenvalue weighted by Gasteiger charge is 2.36. The molecule has 8 heteroatoms. The van der Waals surface area contributed by atoms with Crippen molar-refractivity contribution in [3.63, 3.8) is 0 Å². The Hall–Kier alpha value is -3.78. The molecule has 1 fully saturated rings. The lowest BCUT2D eigenvalue weighted by atomic mass is 10.3. The molecule has 1 aliphatic rings. The van der Waals surface area contributed by atoms with E-state index in [1.807, 2.05) is 54.0 Å². The Morgan fingerprint density at radius 3 is 2.44 bits per heavy atom. The van der Waals surface area contributed by atoms with E-state index in [1.54, 1.807) is 37.5 Å². The Labute approximate surface area is 189 Å². The van der Waals surface area contributed by atoms with Crippen molar-refractivity contribution in [2.24, 2.45) is 0 Å². The first-order chi connectivity index (χ1) is 15.5. The van der Waals surface area contributed by atoms with Gasteiger partial charge in [0.05, 0.1) is 12.0 Å². The second-order valence-corrected chi connectivity index (χ2v) is 8.11. The molecule has 3 aromatic rings. The van der Waals surface area contributed by atoms with Gasteiger partial charge in [-0.1, -0.05) is 18.2 Å². The van der Waals surface area contributed by atoms with E-state index in [9.17, 15) is 14.4 Å². The third-order valence-electron chi connectivity index (χ3n) is 4.95. The molecule has 2 aromatic carbocycles. The maximum Gasteiger partial charge on any atom is 0.294 e. The number of rotatable bonds is 6. The molecular formula is C24H21N3O4S. The summed E-state index contributed by atoms with van der Waals surface area (Å²) < 4.78 is 7.09. The fraction of sp³-hybridized carbons (Fsp3) is 0.125. The molecule has 0 aliphatic carbocycles. The summed E-state index contributed by atoms with van der Waals surface area (Å²) in [6.07, 6.45) is 1.69. The number of thioether (sulfide) groups is 1. The molecule has 0 atom stereocenters. The van der Waals surface area contributed by atoms with Crippen molar-refractivity contribution in [1.82, 2.24) is 9.47 Å². The molecule has 0 bridgehead atoms. The lowest BCUT2D eigenvalue weighted by Gasteiger charge is -2.13. The molecular weight excluding hydrogens is 426 g/mol. The van der Waals surface area contributed by atoms with Gasteiger partial charge in [0.2, 0.25) is 5.91 Å². The molecule has 0 saturated carbocycles. The molecule has 7 nitrogen and oxygen atoms in total. The number of aromatic nitrogens is 1. The van der Waals surface area contributed by atoms with E-state index in [0.717, 1.165) is 33.7 Å². The van der Waals surface area contributed by atoms with Crippen LogP contribution in [0.3, 0.4) is 0 Å². The number of para-hydroxylation sites is 1. The SMILES string of the molecule is COc1ccc(NC(=O)CN2C(=O)S/C(=C\c3ccc(C)n3-c3ccccc3)C2=O)cc1. The van der Waals surface area contributed by atoms with Crippen LogP contribution in [-0.4, -0.2) is 40.2 Å². The Morgan fingerprint density at radius 1 is 1.03 bits per heavy atom. The average Bonchev–Trinajstić information content (AvgIpc) is 3.29. The second-order valence-electron chi connectivity index (χ2n) is 7.12. The number of benzene rings is 2. The van der Waals surface area contributed by atoms with Gasteiger partial charge in [0.1, 0.15) is 12.3 Å². The third kappa shape index (κ3) is 4.45. The maximum absolute atomic E-state index is 12.9.